The van der Waals surface area contributed by atoms with Gasteiger partial charge in [0.15, 0.2) is 5.69 Å². The molecule has 0 aliphatic rings. The molecule has 4 N–H and O–H groups in total. The van der Waals surface area contributed by atoms with Crippen LogP contribution < -0.4 is 0 Å². The summed E-state index contributed by atoms with van der Waals surface area (Å²) in [4.78, 5) is 46.3. The maximum absolute atomic E-state index is 10.9. The number of carboxylic acid groups (broad SMARTS) is 4. The van der Waals surface area contributed by atoms with Crippen molar-refractivity contribution in [2.24, 2.45) is 0 Å². The van der Waals surface area contributed by atoms with E-state index in [2.05, 4.69) is 4.98 Å². The number of carbonyl (C=O) groups is 4. The molecule has 0 atom stereocenters. The van der Waals surface area contributed by atoms with Gasteiger partial charge in [0.25, 0.3) is 0 Å². The van der Waals surface area contributed by atoms with Gasteiger partial charge < -0.3 is 20.4 Å². The van der Waals surface area contributed by atoms with Crippen LogP contribution in [0.25, 0.3) is 0 Å². The summed E-state index contributed by atoms with van der Waals surface area (Å²) in [6.07, 6.45) is 0.488. The molecule has 19 heavy (non-hydrogen) atoms. The Morgan fingerprint density at radius 1 is 0.789 bits per heavy atom. The predicted molar refractivity (Wildman–Crippen MR) is 52.1 cm³/mol. The van der Waals surface area contributed by atoms with Crippen LogP contribution in [0.3, 0.4) is 0 Å². The third kappa shape index (κ3) is 3.05. The Balaban J connectivity index is 0.00000324. The van der Waals surface area contributed by atoms with Crippen molar-refractivity contribution in [2.45, 2.75) is 0 Å². The van der Waals surface area contributed by atoms with Gasteiger partial charge in [-0.1, -0.05) is 0 Å². The summed E-state index contributed by atoms with van der Waals surface area (Å²) in [6.45, 7) is 0. The van der Waals surface area contributed by atoms with E-state index in [0.29, 0.717) is 6.20 Å². The molecule has 0 saturated carbocycles. The monoisotopic (exact) mass is 314 g/mol. The van der Waals surface area contributed by atoms with Crippen LogP contribution in [-0.2, 0) is 16.8 Å². The Morgan fingerprint density at radius 3 is 1.58 bits per heavy atom. The molecule has 0 amide bonds. The quantitative estimate of drug-likeness (QED) is 0.593. The number of aromatic carboxylic acids is 4. The van der Waals surface area contributed by atoms with Crippen molar-refractivity contribution in [2.75, 3.05) is 0 Å². The Hall–Kier alpha value is -2.46. The minimum atomic E-state index is -1.89. The second kappa shape index (κ2) is 5.93. The van der Waals surface area contributed by atoms with Crippen LogP contribution in [0.2, 0.25) is 0 Å². The van der Waals surface area contributed by atoms with E-state index >= 15 is 0 Å². The number of carboxylic acids is 4. The third-order valence-corrected chi connectivity index (χ3v) is 1.94. The third-order valence-electron chi connectivity index (χ3n) is 1.94. The first-order chi connectivity index (χ1) is 8.27. The molecule has 0 spiro atoms. The number of nitrogens with zero attached hydrogens (tertiary/aromatic N) is 1. The van der Waals surface area contributed by atoms with E-state index in [9.17, 15) is 19.2 Å². The molecule has 1 heterocycles. The van der Waals surface area contributed by atoms with Gasteiger partial charge in [0.2, 0.25) is 0 Å². The summed E-state index contributed by atoms with van der Waals surface area (Å²) in [5.74, 6) is -7.25. The molecule has 0 aromatic carbocycles. The van der Waals surface area contributed by atoms with Crippen LogP contribution in [0.1, 0.15) is 41.6 Å². The van der Waals surface area contributed by atoms with Crippen LogP contribution in [0.15, 0.2) is 6.20 Å². The van der Waals surface area contributed by atoms with Crippen LogP contribution in [0.4, 0.5) is 0 Å². The Bertz CT molecular complexity index is 531. The maximum atomic E-state index is 10.9. The molecular weight excluding hydrogens is 309 g/mol. The first kappa shape index (κ1) is 16.5. The van der Waals surface area contributed by atoms with Crippen molar-refractivity contribution in [3.63, 3.8) is 0 Å². The average Bonchev–Trinajstić information content (AvgIpc) is 2.26. The molecule has 103 valence electrons. The molecule has 9 nitrogen and oxygen atoms in total. The summed E-state index contributed by atoms with van der Waals surface area (Å²) in [5, 5.41) is 35.0. The van der Waals surface area contributed by atoms with E-state index in [4.69, 9.17) is 20.4 Å². The molecule has 0 unspecified atom stereocenters. The molecular formula is C9H5CoNO8. The Morgan fingerprint density at radius 2 is 1.26 bits per heavy atom. The average molecular weight is 314 g/mol. The maximum Gasteiger partial charge on any atom is 0.355 e. The fourth-order valence-corrected chi connectivity index (χ4v) is 1.27. The molecule has 0 fully saturated rings. The normalized spacial score (nSPS) is 9.26. The van der Waals surface area contributed by atoms with Crippen LogP contribution in [-0.4, -0.2) is 49.3 Å². The summed E-state index contributed by atoms with van der Waals surface area (Å²) >= 11 is 0. The number of rotatable bonds is 4. The van der Waals surface area contributed by atoms with Gasteiger partial charge in [-0.25, -0.2) is 24.2 Å². The minimum Gasteiger partial charge on any atom is -0.478 e. The first-order valence-electron chi connectivity index (χ1n) is 4.23. The Kier molecular flexibility index (Phi) is 5.16. The molecule has 0 saturated heterocycles. The Labute approximate surface area is 114 Å². The fraction of sp³-hybridized carbons (Fsp3) is 0. The van der Waals surface area contributed by atoms with E-state index in [-0.39, 0.29) is 16.8 Å². The smallest absolute Gasteiger partial charge is 0.355 e. The second-order valence-corrected chi connectivity index (χ2v) is 2.99. The molecule has 1 radical (unpaired) electrons. The zero-order valence-electron chi connectivity index (χ0n) is 8.78. The van der Waals surface area contributed by atoms with Gasteiger partial charge in [-0.3, -0.25) is 0 Å². The number of hydrogen-bond acceptors (Lipinski definition) is 5. The van der Waals surface area contributed by atoms with E-state index in [1.54, 1.807) is 0 Å². The number of hydrogen-bond donors (Lipinski definition) is 4. The zero-order chi connectivity index (χ0) is 14.0. The summed E-state index contributed by atoms with van der Waals surface area (Å²) in [6, 6.07) is 0. The fourth-order valence-electron chi connectivity index (χ4n) is 1.27. The van der Waals surface area contributed by atoms with E-state index < -0.39 is 46.3 Å². The van der Waals surface area contributed by atoms with Gasteiger partial charge in [0, 0.05) is 23.0 Å². The van der Waals surface area contributed by atoms with Gasteiger partial charge in [-0.15, -0.1) is 0 Å². The van der Waals surface area contributed by atoms with Gasteiger partial charge in [0.1, 0.15) is 5.56 Å². The SMILES string of the molecule is O=C(O)c1cnc(C(=O)O)c(C(=O)O)c1C(=O)O.[Co]. The predicted octanol–water partition coefficient (Wildman–Crippen LogP) is -0.128. The summed E-state index contributed by atoms with van der Waals surface area (Å²) in [7, 11) is 0. The largest absolute Gasteiger partial charge is 0.478 e. The van der Waals surface area contributed by atoms with Gasteiger partial charge in [0.05, 0.1) is 11.1 Å². The van der Waals surface area contributed by atoms with Gasteiger partial charge in [-0.2, -0.15) is 0 Å². The van der Waals surface area contributed by atoms with E-state index in [1.165, 1.54) is 0 Å². The van der Waals surface area contributed by atoms with Gasteiger partial charge in [-0.05, 0) is 0 Å². The zero-order valence-corrected chi connectivity index (χ0v) is 9.82. The standard InChI is InChI=1S/C9H5NO8.Co/c11-6(12)2-1-10-5(9(17)18)4(8(15)16)3(2)7(13)14;/h1H,(H,11,12)(H,13,14)(H,15,16)(H,17,18);. The minimum absolute atomic E-state index is 0. The first-order valence-corrected chi connectivity index (χ1v) is 4.23. The van der Waals surface area contributed by atoms with Crippen molar-refractivity contribution in [3.05, 3.63) is 28.6 Å². The van der Waals surface area contributed by atoms with Crippen LogP contribution >= 0.6 is 0 Å². The molecule has 0 bridgehead atoms. The second-order valence-electron chi connectivity index (χ2n) is 2.99. The molecule has 1 aromatic heterocycles. The molecule has 10 heteroatoms. The number of aromatic nitrogens is 1. The molecule has 0 aliphatic carbocycles. The van der Waals surface area contributed by atoms with Crippen molar-refractivity contribution in [3.8, 4) is 0 Å². The van der Waals surface area contributed by atoms with Crippen LogP contribution in [0, 0.1) is 0 Å². The summed E-state index contributed by atoms with van der Waals surface area (Å²) in [5.41, 5.74) is -4.23. The molecule has 1 aromatic rings. The van der Waals surface area contributed by atoms with Crippen LogP contribution in [0.5, 0.6) is 0 Å². The topological polar surface area (TPSA) is 162 Å². The number of pyridine rings is 1. The van der Waals surface area contributed by atoms with Crippen molar-refractivity contribution in [1.29, 1.82) is 0 Å². The van der Waals surface area contributed by atoms with Crippen molar-refractivity contribution in [1.82, 2.24) is 4.98 Å². The van der Waals surface area contributed by atoms with Crippen molar-refractivity contribution < 1.29 is 56.4 Å². The molecule has 1 rings (SSSR count). The van der Waals surface area contributed by atoms with E-state index in [1.807, 2.05) is 0 Å². The van der Waals surface area contributed by atoms with E-state index in [0.717, 1.165) is 0 Å². The summed E-state index contributed by atoms with van der Waals surface area (Å²) < 4.78 is 0. The van der Waals surface area contributed by atoms with Crippen molar-refractivity contribution >= 4 is 23.9 Å². The van der Waals surface area contributed by atoms with Gasteiger partial charge >= 0.3 is 23.9 Å². The molecule has 0 aliphatic heterocycles.